The van der Waals surface area contributed by atoms with Gasteiger partial charge < -0.3 is 5.32 Å². The van der Waals surface area contributed by atoms with E-state index in [0.29, 0.717) is 19.6 Å². The van der Waals surface area contributed by atoms with E-state index in [4.69, 9.17) is 0 Å². The normalized spacial score (nSPS) is 18.4. The van der Waals surface area contributed by atoms with E-state index in [1.54, 1.807) is 12.1 Å². The zero-order valence-corrected chi connectivity index (χ0v) is 16.7. The topological polar surface area (TPSA) is 79.4 Å². The fourth-order valence-corrected chi connectivity index (χ4v) is 5.68. The van der Waals surface area contributed by atoms with Crippen molar-refractivity contribution >= 4 is 27.3 Å². The van der Waals surface area contributed by atoms with Gasteiger partial charge in [0.1, 0.15) is 5.82 Å². The van der Waals surface area contributed by atoms with Crippen molar-refractivity contribution in [2.75, 3.05) is 13.1 Å². The van der Waals surface area contributed by atoms with E-state index in [-0.39, 0.29) is 23.1 Å². The Morgan fingerprint density at radius 1 is 1.41 bits per heavy atom. The van der Waals surface area contributed by atoms with Gasteiger partial charge in [0.15, 0.2) is 0 Å². The third kappa shape index (κ3) is 5.12. The van der Waals surface area contributed by atoms with Crippen LogP contribution in [0.5, 0.6) is 0 Å². The first-order valence-electron chi connectivity index (χ1n) is 8.75. The second kappa shape index (κ2) is 8.45. The zero-order chi connectivity index (χ0) is 19.4. The van der Waals surface area contributed by atoms with Crippen LogP contribution in [0.4, 0.5) is 4.39 Å². The highest BCUT2D eigenvalue weighted by Gasteiger charge is 2.31. The molecule has 0 radical (unpaired) electrons. The predicted octanol–water partition coefficient (Wildman–Crippen LogP) is 2.63. The van der Waals surface area contributed by atoms with Gasteiger partial charge in [-0.2, -0.15) is 0 Å². The Kier molecular flexibility index (Phi) is 6.23. The molecule has 1 aliphatic heterocycles. The fourth-order valence-electron chi connectivity index (χ4n) is 3.11. The summed E-state index contributed by atoms with van der Waals surface area (Å²) >= 11 is 1.48. The number of halogens is 1. The van der Waals surface area contributed by atoms with Gasteiger partial charge in [0.25, 0.3) is 0 Å². The van der Waals surface area contributed by atoms with Gasteiger partial charge >= 0.3 is 0 Å². The summed E-state index contributed by atoms with van der Waals surface area (Å²) in [6, 6.07) is 5.96. The van der Waals surface area contributed by atoms with Crippen molar-refractivity contribution in [1.82, 2.24) is 14.6 Å². The second-order valence-electron chi connectivity index (χ2n) is 6.63. The molecule has 1 unspecified atom stereocenters. The second-order valence-corrected chi connectivity index (χ2v) is 9.49. The van der Waals surface area contributed by atoms with E-state index in [1.165, 1.54) is 34.7 Å². The molecule has 27 heavy (non-hydrogen) atoms. The number of carbonyl (C=O) groups is 1. The van der Waals surface area contributed by atoms with Crippen LogP contribution in [0.15, 0.2) is 29.6 Å². The standard InChI is InChI=1S/C18H22FN3O3S2/c1-13(23)20-9-16-11-26-18(21-16)14-6-4-8-22(10-14)27(24,25)12-15-5-2-3-7-17(15)19/h2-3,5,7,11,14H,4,6,8-10,12H2,1H3,(H,20,23). The summed E-state index contributed by atoms with van der Waals surface area (Å²) in [5.74, 6) is -0.937. The van der Waals surface area contributed by atoms with Crippen molar-refractivity contribution in [3.8, 4) is 0 Å². The molecule has 146 valence electrons. The Morgan fingerprint density at radius 3 is 2.93 bits per heavy atom. The predicted molar refractivity (Wildman–Crippen MR) is 102 cm³/mol. The van der Waals surface area contributed by atoms with E-state index in [2.05, 4.69) is 10.3 Å². The van der Waals surface area contributed by atoms with Crippen LogP contribution in [-0.2, 0) is 27.1 Å². The minimum atomic E-state index is -3.60. The number of nitrogens with one attached hydrogen (secondary N) is 1. The maximum atomic E-state index is 13.8. The first-order valence-corrected chi connectivity index (χ1v) is 11.2. The van der Waals surface area contributed by atoms with Crippen LogP contribution in [-0.4, -0.2) is 36.7 Å². The third-order valence-corrected chi connectivity index (χ3v) is 7.36. The number of sulfonamides is 1. The Balaban J connectivity index is 1.68. The minimum absolute atomic E-state index is 0.0187. The Hall–Kier alpha value is -1.84. The Bertz CT molecular complexity index is 914. The molecule has 1 aromatic heterocycles. The van der Waals surface area contributed by atoms with Gasteiger partial charge in [0.05, 0.1) is 23.0 Å². The molecule has 1 N–H and O–H groups in total. The molecule has 0 spiro atoms. The van der Waals surface area contributed by atoms with Crippen LogP contribution < -0.4 is 5.32 Å². The number of benzene rings is 1. The molecule has 0 aliphatic carbocycles. The van der Waals surface area contributed by atoms with E-state index < -0.39 is 15.8 Å². The van der Waals surface area contributed by atoms with E-state index >= 15 is 0 Å². The van der Waals surface area contributed by atoms with Gasteiger partial charge in [-0.3, -0.25) is 4.79 Å². The average Bonchev–Trinajstić information content (AvgIpc) is 3.11. The Morgan fingerprint density at radius 2 is 2.19 bits per heavy atom. The molecule has 1 aliphatic rings. The lowest BCUT2D eigenvalue weighted by Gasteiger charge is -2.31. The van der Waals surface area contributed by atoms with Crippen molar-refractivity contribution in [1.29, 1.82) is 0 Å². The van der Waals surface area contributed by atoms with Gasteiger partial charge in [-0.15, -0.1) is 11.3 Å². The number of piperidine rings is 1. The number of hydrogen-bond acceptors (Lipinski definition) is 5. The van der Waals surface area contributed by atoms with Gasteiger partial charge in [-0.25, -0.2) is 22.1 Å². The molecule has 6 nitrogen and oxygen atoms in total. The molecular weight excluding hydrogens is 389 g/mol. The van der Waals surface area contributed by atoms with Gasteiger partial charge in [-0.1, -0.05) is 18.2 Å². The van der Waals surface area contributed by atoms with Crippen molar-refractivity contribution in [2.45, 2.75) is 38.0 Å². The molecule has 1 fully saturated rings. The lowest BCUT2D eigenvalue weighted by atomic mass is 10.0. The van der Waals surface area contributed by atoms with E-state index in [9.17, 15) is 17.6 Å². The average molecular weight is 412 g/mol. The number of aromatic nitrogens is 1. The lowest BCUT2D eigenvalue weighted by molar-refractivity contribution is -0.119. The Labute approximate surface area is 162 Å². The number of thiazole rings is 1. The van der Waals surface area contributed by atoms with E-state index in [0.717, 1.165) is 23.5 Å². The summed E-state index contributed by atoms with van der Waals surface area (Å²) in [5, 5.41) is 5.47. The van der Waals surface area contributed by atoms with Crippen LogP contribution in [0.2, 0.25) is 0 Å². The van der Waals surface area contributed by atoms with Crippen molar-refractivity contribution in [2.24, 2.45) is 0 Å². The quantitative estimate of drug-likeness (QED) is 0.793. The van der Waals surface area contributed by atoms with E-state index in [1.807, 2.05) is 5.38 Å². The smallest absolute Gasteiger partial charge is 0.218 e. The summed E-state index contributed by atoms with van der Waals surface area (Å²) in [5.41, 5.74) is 0.961. The zero-order valence-electron chi connectivity index (χ0n) is 15.0. The summed E-state index contributed by atoms with van der Waals surface area (Å²) < 4.78 is 40.8. The molecule has 2 aromatic rings. The largest absolute Gasteiger partial charge is 0.351 e. The fraction of sp³-hybridized carbons (Fsp3) is 0.444. The summed E-state index contributed by atoms with van der Waals surface area (Å²) in [7, 11) is -3.60. The molecule has 2 heterocycles. The van der Waals surface area contributed by atoms with Gasteiger partial charge in [0.2, 0.25) is 15.9 Å². The van der Waals surface area contributed by atoms with Crippen LogP contribution in [0, 0.1) is 5.82 Å². The summed E-state index contributed by atoms with van der Waals surface area (Å²) in [6.07, 6.45) is 1.60. The number of nitrogens with zero attached hydrogens (tertiary/aromatic N) is 2. The highest BCUT2D eigenvalue weighted by atomic mass is 32.2. The SMILES string of the molecule is CC(=O)NCc1csc(C2CCCN(S(=O)(=O)Cc3ccccc3F)C2)n1. The molecule has 9 heteroatoms. The van der Waals surface area contributed by atoms with Crippen LogP contribution in [0.1, 0.15) is 41.9 Å². The molecular formula is C18H22FN3O3S2. The lowest BCUT2D eigenvalue weighted by Crippen LogP contribution is -2.39. The molecule has 1 aromatic carbocycles. The number of carbonyl (C=O) groups excluding carboxylic acids is 1. The number of amides is 1. The highest BCUT2D eigenvalue weighted by Crippen LogP contribution is 2.31. The molecule has 1 saturated heterocycles. The molecule has 0 saturated carbocycles. The van der Waals surface area contributed by atoms with Crippen LogP contribution >= 0.6 is 11.3 Å². The van der Waals surface area contributed by atoms with Gasteiger partial charge in [0, 0.05) is 36.9 Å². The monoisotopic (exact) mass is 411 g/mol. The third-order valence-electron chi connectivity index (χ3n) is 4.51. The molecule has 0 bridgehead atoms. The van der Waals surface area contributed by atoms with Crippen molar-refractivity contribution in [3.63, 3.8) is 0 Å². The van der Waals surface area contributed by atoms with Crippen LogP contribution in [0.3, 0.4) is 0 Å². The molecule has 1 amide bonds. The van der Waals surface area contributed by atoms with Crippen molar-refractivity contribution in [3.05, 3.63) is 51.7 Å². The maximum Gasteiger partial charge on any atom is 0.218 e. The minimum Gasteiger partial charge on any atom is -0.351 e. The number of rotatable bonds is 6. The van der Waals surface area contributed by atoms with Crippen molar-refractivity contribution < 1.29 is 17.6 Å². The number of hydrogen-bond donors (Lipinski definition) is 1. The van der Waals surface area contributed by atoms with Gasteiger partial charge in [-0.05, 0) is 18.9 Å². The maximum absolute atomic E-state index is 13.8. The van der Waals surface area contributed by atoms with Crippen LogP contribution in [0.25, 0.3) is 0 Å². The summed E-state index contributed by atoms with van der Waals surface area (Å²) in [6.45, 7) is 2.61. The first kappa shape index (κ1) is 19.9. The molecule has 3 rings (SSSR count). The highest BCUT2D eigenvalue weighted by molar-refractivity contribution is 7.88. The summed E-state index contributed by atoms with van der Waals surface area (Å²) in [4.78, 5) is 15.6. The molecule has 1 atom stereocenters. The first-order chi connectivity index (χ1) is 12.8.